The molecule has 1 atom stereocenters. The molecule has 0 heterocycles. The van der Waals surface area contributed by atoms with Crippen LogP contribution in [-0.4, -0.2) is 45.5 Å². The third kappa shape index (κ3) is 7.95. The second kappa shape index (κ2) is 11.2. The highest BCUT2D eigenvalue weighted by molar-refractivity contribution is 7.89. The lowest BCUT2D eigenvalue weighted by Gasteiger charge is -2.18. The topological polar surface area (TPSA) is 131 Å². The van der Waals surface area contributed by atoms with E-state index in [1.54, 1.807) is 13.8 Å². The minimum atomic E-state index is -4.00. The van der Waals surface area contributed by atoms with E-state index < -0.39 is 40.6 Å². The molecule has 0 spiro atoms. The number of ether oxygens (including phenoxy) is 1. The summed E-state index contributed by atoms with van der Waals surface area (Å²) in [6, 6.07) is -0.00703. The lowest BCUT2D eigenvalue weighted by molar-refractivity contribution is -0.149. The molecular weight excluding hydrogens is 422 g/mol. The van der Waals surface area contributed by atoms with Crippen LogP contribution < -0.4 is 15.4 Å². The molecule has 9 nitrogen and oxygen atoms in total. The van der Waals surface area contributed by atoms with E-state index in [4.69, 9.17) is 4.74 Å². The molecule has 0 fully saturated rings. The summed E-state index contributed by atoms with van der Waals surface area (Å²) in [7, 11) is -4.00. The Bertz CT molecular complexity index is 915. The van der Waals surface area contributed by atoms with E-state index in [9.17, 15) is 22.8 Å². The average molecular weight is 456 g/mol. The highest BCUT2D eigenvalue weighted by Crippen LogP contribution is 2.26. The van der Waals surface area contributed by atoms with Crippen LogP contribution in [0.15, 0.2) is 11.0 Å². The van der Waals surface area contributed by atoms with E-state index in [-0.39, 0.29) is 4.90 Å². The van der Waals surface area contributed by atoms with Gasteiger partial charge >= 0.3 is 12.0 Å². The highest BCUT2D eigenvalue weighted by Gasteiger charge is 2.27. The fourth-order valence-electron chi connectivity index (χ4n) is 2.87. The van der Waals surface area contributed by atoms with Crippen molar-refractivity contribution in [1.29, 1.82) is 0 Å². The van der Waals surface area contributed by atoms with E-state index >= 15 is 0 Å². The summed E-state index contributed by atoms with van der Waals surface area (Å²) >= 11 is 0. The first kappa shape index (κ1) is 26.6. The number of carbonyl (C=O) groups is 3. The van der Waals surface area contributed by atoms with Crippen LogP contribution in [0.4, 0.5) is 4.79 Å². The molecule has 0 radical (unpaired) electrons. The summed E-state index contributed by atoms with van der Waals surface area (Å²) < 4.78 is 32.9. The van der Waals surface area contributed by atoms with Crippen molar-refractivity contribution >= 4 is 27.9 Å². The van der Waals surface area contributed by atoms with Gasteiger partial charge < -0.3 is 10.1 Å². The molecule has 10 heteroatoms. The molecule has 1 aromatic rings. The summed E-state index contributed by atoms with van der Waals surface area (Å²) in [5.74, 6) is -1.34. The van der Waals surface area contributed by atoms with Crippen molar-refractivity contribution in [2.75, 3.05) is 13.2 Å². The number of sulfonamides is 1. The fraction of sp³-hybridized carbons (Fsp3) is 0.571. The number of hydrogen-bond donors (Lipinski definition) is 3. The van der Waals surface area contributed by atoms with E-state index in [1.807, 2.05) is 39.1 Å². The zero-order valence-electron chi connectivity index (χ0n) is 19.2. The van der Waals surface area contributed by atoms with Crippen LogP contribution in [0.25, 0.3) is 0 Å². The predicted octanol–water partition coefficient (Wildman–Crippen LogP) is 2.00. The number of urea groups is 1. The fourth-order valence-corrected chi connectivity index (χ4v) is 4.67. The number of nitrogens with one attached hydrogen (secondary N) is 3. The van der Waals surface area contributed by atoms with Crippen LogP contribution in [0, 0.1) is 33.6 Å². The number of aryl methyl sites for hydroxylation is 2. The van der Waals surface area contributed by atoms with E-state index in [0.29, 0.717) is 23.6 Å². The molecule has 3 N–H and O–H groups in total. The first-order valence-electron chi connectivity index (χ1n) is 10.1. The Kier molecular flexibility index (Phi) is 9.64. The molecule has 1 unspecified atom stereocenters. The van der Waals surface area contributed by atoms with Crippen molar-refractivity contribution in [3.05, 3.63) is 28.3 Å². The van der Waals surface area contributed by atoms with Gasteiger partial charge in [-0.1, -0.05) is 19.9 Å². The van der Waals surface area contributed by atoms with Gasteiger partial charge in [-0.05, 0) is 69.2 Å². The van der Waals surface area contributed by atoms with Crippen molar-refractivity contribution in [3.63, 3.8) is 0 Å². The molecule has 1 aromatic carbocycles. The van der Waals surface area contributed by atoms with E-state index in [0.717, 1.165) is 17.5 Å². The monoisotopic (exact) mass is 455 g/mol. The number of amides is 3. The van der Waals surface area contributed by atoms with Gasteiger partial charge in [-0.15, -0.1) is 0 Å². The van der Waals surface area contributed by atoms with Crippen LogP contribution in [-0.2, 0) is 24.3 Å². The van der Waals surface area contributed by atoms with Gasteiger partial charge in [-0.3, -0.25) is 14.9 Å². The Morgan fingerprint density at radius 2 is 1.55 bits per heavy atom. The van der Waals surface area contributed by atoms with Gasteiger partial charge in [0.1, 0.15) is 6.04 Å². The summed E-state index contributed by atoms with van der Waals surface area (Å²) in [5, 5.41) is 4.57. The average Bonchev–Trinajstić information content (AvgIpc) is 2.63. The molecule has 0 aromatic heterocycles. The maximum Gasteiger partial charge on any atom is 0.324 e. The molecular formula is C21H33N3O6S. The number of carbonyl (C=O) groups excluding carboxylic acids is 3. The number of hydrogen-bond acceptors (Lipinski definition) is 6. The van der Waals surface area contributed by atoms with Crippen LogP contribution in [0.1, 0.15) is 49.4 Å². The zero-order chi connectivity index (χ0) is 23.9. The normalized spacial score (nSPS) is 12.4. The molecule has 31 heavy (non-hydrogen) atoms. The number of rotatable bonds is 9. The standard InChI is InChI=1S/C21H33N3O6S/c1-12(2)8-9-22-21(27)23-18(25)11-30-20(26)17(7)24-31(28,29)19-15(5)13(3)10-14(4)16(19)6/h10,12,17,24H,8-9,11H2,1-7H3,(H2,22,23,25,27). The predicted molar refractivity (Wildman–Crippen MR) is 117 cm³/mol. The molecule has 174 valence electrons. The molecule has 1 rings (SSSR count). The van der Waals surface area contributed by atoms with Gasteiger partial charge in [0.25, 0.3) is 5.91 Å². The highest BCUT2D eigenvalue weighted by atomic mass is 32.2. The Morgan fingerprint density at radius 3 is 2.06 bits per heavy atom. The minimum Gasteiger partial charge on any atom is -0.454 e. The maximum atomic E-state index is 12.9. The first-order chi connectivity index (χ1) is 14.3. The van der Waals surface area contributed by atoms with Gasteiger partial charge in [-0.25, -0.2) is 13.2 Å². The molecule has 0 aliphatic rings. The van der Waals surface area contributed by atoms with Gasteiger partial charge in [0.15, 0.2) is 6.61 Å². The van der Waals surface area contributed by atoms with E-state index in [1.165, 1.54) is 6.92 Å². The Labute approximate surface area is 184 Å². The van der Waals surface area contributed by atoms with Crippen molar-refractivity contribution in [2.45, 2.75) is 65.8 Å². The van der Waals surface area contributed by atoms with E-state index in [2.05, 4.69) is 10.0 Å². The van der Waals surface area contributed by atoms with Gasteiger partial charge in [0, 0.05) is 6.54 Å². The van der Waals surface area contributed by atoms with Crippen molar-refractivity contribution in [2.24, 2.45) is 5.92 Å². The Balaban J connectivity index is 2.67. The Morgan fingerprint density at radius 1 is 1.00 bits per heavy atom. The maximum absolute atomic E-state index is 12.9. The molecule has 3 amide bonds. The zero-order valence-corrected chi connectivity index (χ0v) is 20.0. The second-order valence-electron chi connectivity index (χ2n) is 8.03. The van der Waals surface area contributed by atoms with Gasteiger partial charge in [-0.2, -0.15) is 4.72 Å². The van der Waals surface area contributed by atoms with Gasteiger partial charge in [0.2, 0.25) is 10.0 Å². The summed E-state index contributed by atoms with van der Waals surface area (Å²) in [6.07, 6.45) is 0.758. The van der Waals surface area contributed by atoms with Crippen molar-refractivity contribution in [1.82, 2.24) is 15.4 Å². The molecule has 0 aliphatic carbocycles. The van der Waals surface area contributed by atoms with Crippen molar-refractivity contribution in [3.8, 4) is 0 Å². The van der Waals surface area contributed by atoms with Gasteiger partial charge in [0.05, 0.1) is 4.90 Å². The largest absolute Gasteiger partial charge is 0.454 e. The van der Waals surface area contributed by atoms with Crippen LogP contribution in [0.2, 0.25) is 0 Å². The van der Waals surface area contributed by atoms with Crippen LogP contribution in [0.3, 0.4) is 0 Å². The number of imide groups is 1. The molecule has 0 saturated carbocycles. The third-order valence-electron chi connectivity index (χ3n) is 4.86. The molecule has 0 saturated heterocycles. The van der Waals surface area contributed by atoms with Crippen LogP contribution >= 0.6 is 0 Å². The third-order valence-corrected chi connectivity index (χ3v) is 6.67. The summed E-state index contributed by atoms with van der Waals surface area (Å²) in [6.45, 7) is 12.1. The summed E-state index contributed by atoms with van der Waals surface area (Å²) in [4.78, 5) is 35.7. The first-order valence-corrected chi connectivity index (χ1v) is 11.6. The second-order valence-corrected chi connectivity index (χ2v) is 9.68. The molecule has 0 aliphatic heterocycles. The quantitative estimate of drug-likeness (QED) is 0.488. The summed E-state index contributed by atoms with van der Waals surface area (Å²) in [5.41, 5.74) is 2.84. The molecule has 0 bridgehead atoms. The minimum absolute atomic E-state index is 0.125. The van der Waals surface area contributed by atoms with Crippen LogP contribution in [0.5, 0.6) is 0 Å². The smallest absolute Gasteiger partial charge is 0.324 e. The SMILES string of the molecule is Cc1cc(C)c(C)c(S(=O)(=O)NC(C)C(=O)OCC(=O)NC(=O)NCCC(C)C)c1C. The Hall–Kier alpha value is -2.46. The lowest BCUT2D eigenvalue weighted by Crippen LogP contribution is -2.44. The number of esters is 1. The lowest BCUT2D eigenvalue weighted by atomic mass is 10.0. The number of benzene rings is 1. The van der Waals surface area contributed by atoms with Crippen molar-refractivity contribution < 1.29 is 27.5 Å².